The lowest BCUT2D eigenvalue weighted by molar-refractivity contribution is -0.144. The maximum atomic E-state index is 12.4. The van der Waals surface area contributed by atoms with Crippen LogP contribution in [0, 0.1) is 11.3 Å². The smallest absolute Gasteiger partial charge is 0.313 e. The summed E-state index contributed by atoms with van der Waals surface area (Å²) in [6.07, 6.45) is 4.20. The Morgan fingerprint density at radius 1 is 1.04 bits per heavy atom. The number of nitrogens with one attached hydrogen (secondary N) is 1. The van der Waals surface area contributed by atoms with E-state index in [0.717, 1.165) is 25.2 Å². The van der Waals surface area contributed by atoms with E-state index in [1.54, 1.807) is 29.2 Å². The molecule has 1 fully saturated rings. The van der Waals surface area contributed by atoms with E-state index in [1.165, 1.54) is 0 Å². The summed E-state index contributed by atoms with van der Waals surface area (Å²) in [5, 5.41) is 11.5. The Balaban J connectivity index is 1.46. The van der Waals surface area contributed by atoms with Crippen molar-refractivity contribution in [2.24, 2.45) is 0 Å². The van der Waals surface area contributed by atoms with Crippen molar-refractivity contribution in [3.05, 3.63) is 71.8 Å². The highest BCUT2D eigenvalue weighted by molar-refractivity contribution is 6.39. The summed E-state index contributed by atoms with van der Waals surface area (Å²) in [6, 6.07) is 18.6. The fraction of sp³-hybridized carbons (Fsp3) is 0.227. The van der Waals surface area contributed by atoms with Crippen LogP contribution in [0.3, 0.4) is 0 Å². The van der Waals surface area contributed by atoms with Gasteiger partial charge in [-0.25, -0.2) is 0 Å². The van der Waals surface area contributed by atoms with Crippen LogP contribution in [0.2, 0.25) is 0 Å². The second kappa shape index (κ2) is 9.49. The summed E-state index contributed by atoms with van der Waals surface area (Å²) in [5.74, 6) is -1.21. The Morgan fingerprint density at radius 3 is 2.50 bits per heavy atom. The maximum Gasteiger partial charge on any atom is 0.313 e. The van der Waals surface area contributed by atoms with E-state index in [4.69, 9.17) is 5.26 Å². The van der Waals surface area contributed by atoms with Crippen LogP contribution in [0.25, 0.3) is 6.08 Å². The zero-order valence-electron chi connectivity index (χ0n) is 15.5. The molecule has 6 heteroatoms. The second-order valence-corrected chi connectivity index (χ2v) is 6.55. The van der Waals surface area contributed by atoms with Crippen LogP contribution in [-0.2, 0) is 9.59 Å². The predicted molar refractivity (Wildman–Crippen MR) is 108 cm³/mol. The van der Waals surface area contributed by atoms with Crippen molar-refractivity contribution < 1.29 is 9.59 Å². The molecule has 1 heterocycles. The van der Waals surface area contributed by atoms with Crippen molar-refractivity contribution in [1.29, 1.82) is 5.26 Å². The highest BCUT2D eigenvalue weighted by atomic mass is 16.2. The predicted octanol–water partition coefficient (Wildman–Crippen LogP) is 2.35. The Hall–Kier alpha value is -3.43. The molecule has 0 aromatic heterocycles. The minimum absolute atomic E-state index is 0.433. The SMILES string of the molecule is N#Cc1cccc(NC(=O)C(=O)N2CCN(C/C=C/c3ccccc3)CC2)c1. The molecule has 1 N–H and O–H groups in total. The molecule has 0 spiro atoms. The molecule has 0 aliphatic carbocycles. The summed E-state index contributed by atoms with van der Waals surface area (Å²) in [4.78, 5) is 28.4. The average Bonchev–Trinajstić information content (AvgIpc) is 2.74. The zero-order valence-corrected chi connectivity index (χ0v) is 15.5. The minimum atomic E-state index is -0.674. The molecule has 1 aliphatic heterocycles. The van der Waals surface area contributed by atoms with Gasteiger partial charge < -0.3 is 10.2 Å². The average molecular weight is 374 g/mol. The molecule has 1 aliphatic rings. The number of amides is 2. The van der Waals surface area contributed by atoms with Crippen LogP contribution in [0.5, 0.6) is 0 Å². The van der Waals surface area contributed by atoms with E-state index in [-0.39, 0.29) is 0 Å². The van der Waals surface area contributed by atoms with Gasteiger partial charge in [-0.15, -0.1) is 0 Å². The van der Waals surface area contributed by atoms with Crippen molar-refractivity contribution in [1.82, 2.24) is 9.80 Å². The van der Waals surface area contributed by atoms with Gasteiger partial charge in [0.25, 0.3) is 0 Å². The third kappa shape index (κ3) is 5.29. The van der Waals surface area contributed by atoms with Gasteiger partial charge in [-0.05, 0) is 23.8 Å². The topological polar surface area (TPSA) is 76.4 Å². The second-order valence-electron chi connectivity index (χ2n) is 6.55. The van der Waals surface area contributed by atoms with Gasteiger partial charge in [-0.1, -0.05) is 48.6 Å². The molecule has 28 heavy (non-hydrogen) atoms. The van der Waals surface area contributed by atoms with Gasteiger partial charge in [-0.2, -0.15) is 5.26 Å². The Morgan fingerprint density at radius 2 is 1.79 bits per heavy atom. The molecule has 0 bridgehead atoms. The number of nitrogens with zero attached hydrogens (tertiary/aromatic N) is 3. The molecule has 2 aromatic carbocycles. The number of anilines is 1. The fourth-order valence-corrected chi connectivity index (χ4v) is 3.03. The lowest BCUT2D eigenvalue weighted by Crippen LogP contribution is -2.51. The zero-order chi connectivity index (χ0) is 19.8. The molecule has 0 unspecified atom stereocenters. The quantitative estimate of drug-likeness (QED) is 0.834. The first-order valence-electron chi connectivity index (χ1n) is 9.20. The number of hydrogen-bond donors (Lipinski definition) is 1. The van der Waals surface area contributed by atoms with Crippen molar-refractivity contribution >= 4 is 23.6 Å². The van der Waals surface area contributed by atoms with Crippen molar-refractivity contribution in [3.63, 3.8) is 0 Å². The molecule has 142 valence electrons. The van der Waals surface area contributed by atoms with Crippen LogP contribution < -0.4 is 5.32 Å². The van der Waals surface area contributed by atoms with E-state index in [2.05, 4.69) is 34.5 Å². The van der Waals surface area contributed by atoms with E-state index >= 15 is 0 Å². The van der Waals surface area contributed by atoms with Gasteiger partial charge >= 0.3 is 11.8 Å². The first kappa shape index (κ1) is 19.3. The number of carbonyl (C=O) groups excluding carboxylic acids is 2. The minimum Gasteiger partial charge on any atom is -0.332 e. The van der Waals surface area contributed by atoms with Gasteiger partial charge in [0.1, 0.15) is 0 Å². The molecule has 0 atom stereocenters. The van der Waals surface area contributed by atoms with Crippen LogP contribution >= 0.6 is 0 Å². The Kier molecular flexibility index (Phi) is 6.55. The van der Waals surface area contributed by atoms with Gasteiger partial charge in [0.2, 0.25) is 0 Å². The van der Waals surface area contributed by atoms with Crippen molar-refractivity contribution in [2.75, 3.05) is 38.0 Å². The number of hydrogen-bond acceptors (Lipinski definition) is 4. The van der Waals surface area contributed by atoms with Gasteiger partial charge in [-0.3, -0.25) is 14.5 Å². The van der Waals surface area contributed by atoms with Gasteiger partial charge in [0.05, 0.1) is 11.6 Å². The van der Waals surface area contributed by atoms with Crippen molar-refractivity contribution in [3.8, 4) is 6.07 Å². The van der Waals surface area contributed by atoms with E-state index in [9.17, 15) is 9.59 Å². The molecule has 2 aromatic rings. The molecule has 0 saturated carbocycles. The first-order chi connectivity index (χ1) is 13.7. The Labute approximate surface area is 164 Å². The molecule has 6 nitrogen and oxygen atoms in total. The van der Waals surface area contributed by atoms with Crippen molar-refractivity contribution in [2.45, 2.75) is 0 Å². The monoisotopic (exact) mass is 374 g/mol. The highest BCUT2D eigenvalue weighted by Crippen LogP contribution is 2.11. The fourth-order valence-electron chi connectivity index (χ4n) is 3.03. The molecule has 2 amide bonds. The molecule has 0 radical (unpaired) electrons. The third-order valence-electron chi connectivity index (χ3n) is 4.58. The third-order valence-corrected chi connectivity index (χ3v) is 4.58. The summed E-state index contributed by atoms with van der Waals surface area (Å²) in [6.45, 7) is 3.29. The summed E-state index contributed by atoms with van der Waals surface area (Å²) >= 11 is 0. The van der Waals surface area contributed by atoms with E-state index in [0.29, 0.717) is 24.3 Å². The van der Waals surface area contributed by atoms with Gasteiger partial charge in [0.15, 0.2) is 0 Å². The highest BCUT2D eigenvalue weighted by Gasteiger charge is 2.25. The maximum absolute atomic E-state index is 12.4. The van der Waals surface area contributed by atoms with Crippen LogP contribution in [-0.4, -0.2) is 54.3 Å². The summed E-state index contributed by atoms with van der Waals surface area (Å²) < 4.78 is 0. The van der Waals surface area contributed by atoms with Crippen LogP contribution in [0.1, 0.15) is 11.1 Å². The Bertz CT molecular complexity index is 894. The van der Waals surface area contributed by atoms with E-state index in [1.807, 2.05) is 24.3 Å². The van der Waals surface area contributed by atoms with Crippen LogP contribution in [0.15, 0.2) is 60.7 Å². The summed E-state index contributed by atoms with van der Waals surface area (Å²) in [7, 11) is 0. The van der Waals surface area contributed by atoms with Gasteiger partial charge in [0, 0.05) is 38.4 Å². The molecular weight excluding hydrogens is 352 g/mol. The first-order valence-corrected chi connectivity index (χ1v) is 9.20. The lowest BCUT2D eigenvalue weighted by atomic mass is 10.2. The molecular formula is C22H22N4O2. The number of benzene rings is 2. The standard InChI is InChI=1S/C22H22N4O2/c23-17-19-8-4-10-20(16-19)24-21(27)22(28)26-14-12-25(13-15-26)11-5-9-18-6-2-1-3-7-18/h1-10,16H,11-15H2,(H,24,27)/b9-5+. The number of rotatable bonds is 4. The van der Waals surface area contributed by atoms with Crippen LogP contribution in [0.4, 0.5) is 5.69 Å². The van der Waals surface area contributed by atoms with E-state index < -0.39 is 11.8 Å². The number of carbonyl (C=O) groups is 2. The largest absolute Gasteiger partial charge is 0.332 e. The normalized spacial score (nSPS) is 14.6. The number of piperazine rings is 1. The molecule has 3 rings (SSSR count). The molecule has 1 saturated heterocycles. The number of nitriles is 1. The summed E-state index contributed by atoms with van der Waals surface area (Å²) in [5.41, 5.74) is 2.04. The lowest BCUT2D eigenvalue weighted by Gasteiger charge is -2.33.